The largest absolute Gasteiger partial charge is 0.350 e. The van der Waals surface area contributed by atoms with Gasteiger partial charge in [0.1, 0.15) is 6.17 Å². The molecule has 1 fully saturated rings. The molecule has 0 bridgehead atoms. The highest BCUT2D eigenvalue weighted by molar-refractivity contribution is 6.07. The number of nitrogens with zero attached hydrogens (tertiary/aromatic N) is 1. The number of pyridine rings is 1. The molecular weight excluding hydrogens is 341 g/mol. The number of carbonyl (C=O) groups excluding carboxylic acids is 1. The summed E-state index contributed by atoms with van der Waals surface area (Å²) < 4.78 is 13.3. The third-order valence-corrected chi connectivity index (χ3v) is 4.99. The van der Waals surface area contributed by atoms with Crippen molar-refractivity contribution in [3.05, 3.63) is 65.7 Å². The third-order valence-electron chi connectivity index (χ3n) is 4.99. The van der Waals surface area contributed by atoms with E-state index in [4.69, 9.17) is 4.98 Å². The molecule has 4 rings (SSSR count). The number of benzene rings is 2. The SMILES string of the molecule is Cc1ccc(-c2cc(C(=O)NC[C@@H]3C[C@H](F)CN3)c3ccccc3n2)cc1. The summed E-state index contributed by atoms with van der Waals surface area (Å²) in [4.78, 5) is 17.6. The Bertz CT molecular complexity index is 971. The van der Waals surface area contributed by atoms with Crippen molar-refractivity contribution in [1.82, 2.24) is 15.6 Å². The molecule has 0 saturated carbocycles. The van der Waals surface area contributed by atoms with Crippen LogP contribution in [0.25, 0.3) is 22.2 Å². The molecule has 5 heteroatoms. The van der Waals surface area contributed by atoms with Gasteiger partial charge in [-0.2, -0.15) is 0 Å². The Hall–Kier alpha value is -2.79. The van der Waals surface area contributed by atoms with E-state index < -0.39 is 6.17 Å². The molecule has 0 spiro atoms. The molecule has 0 radical (unpaired) electrons. The highest BCUT2D eigenvalue weighted by atomic mass is 19.1. The molecule has 1 amide bonds. The molecule has 2 atom stereocenters. The lowest BCUT2D eigenvalue weighted by Gasteiger charge is -2.13. The summed E-state index contributed by atoms with van der Waals surface area (Å²) in [5.41, 5.74) is 4.28. The van der Waals surface area contributed by atoms with Crippen LogP contribution in [-0.4, -0.2) is 36.2 Å². The first-order chi connectivity index (χ1) is 13.1. The Labute approximate surface area is 157 Å². The maximum atomic E-state index is 13.3. The van der Waals surface area contributed by atoms with Gasteiger partial charge in [0.15, 0.2) is 0 Å². The monoisotopic (exact) mass is 363 g/mol. The molecule has 1 saturated heterocycles. The molecule has 1 aliphatic heterocycles. The minimum Gasteiger partial charge on any atom is -0.350 e. The van der Waals surface area contributed by atoms with Gasteiger partial charge in [0.2, 0.25) is 0 Å². The van der Waals surface area contributed by atoms with Crippen LogP contribution in [0.4, 0.5) is 4.39 Å². The zero-order valence-electron chi connectivity index (χ0n) is 15.2. The summed E-state index contributed by atoms with van der Waals surface area (Å²) >= 11 is 0. The number of aromatic nitrogens is 1. The van der Waals surface area contributed by atoms with E-state index in [2.05, 4.69) is 10.6 Å². The van der Waals surface area contributed by atoms with Crippen molar-refractivity contribution in [2.24, 2.45) is 0 Å². The van der Waals surface area contributed by atoms with Gasteiger partial charge in [-0.15, -0.1) is 0 Å². The number of rotatable bonds is 4. The average molecular weight is 363 g/mol. The van der Waals surface area contributed by atoms with Gasteiger partial charge in [-0.3, -0.25) is 4.79 Å². The topological polar surface area (TPSA) is 54.0 Å². The van der Waals surface area contributed by atoms with E-state index in [0.29, 0.717) is 25.1 Å². The smallest absolute Gasteiger partial charge is 0.252 e. The van der Waals surface area contributed by atoms with Gasteiger partial charge in [-0.25, -0.2) is 9.37 Å². The fourth-order valence-electron chi connectivity index (χ4n) is 3.47. The lowest BCUT2D eigenvalue weighted by atomic mass is 10.0. The van der Waals surface area contributed by atoms with Gasteiger partial charge < -0.3 is 10.6 Å². The van der Waals surface area contributed by atoms with Gasteiger partial charge in [0.25, 0.3) is 5.91 Å². The zero-order chi connectivity index (χ0) is 18.8. The van der Waals surface area contributed by atoms with Crippen molar-refractivity contribution in [2.75, 3.05) is 13.1 Å². The van der Waals surface area contributed by atoms with Gasteiger partial charge in [-0.1, -0.05) is 48.0 Å². The second-order valence-corrected chi connectivity index (χ2v) is 7.09. The molecule has 3 aromatic rings. The Morgan fingerprint density at radius 2 is 2.00 bits per heavy atom. The van der Waals surface area contributed by atoms with Gasteiger partial charge in [0, 0.05) is 30.1 Å². The molecule has 0 unspecified atom stereocenters. The van der Waals surface area contributed by atoms with E-state index in [1.807, 2.05) is 61.5 Å². The van der Waals surface area contributed by atoms with Gasteiger partial charge in [-0.05, 0) is 25.5 Å². The fraction of sp³-hybridized carbons (Fsp3) is 0.273. The normalized spacial score (nSPS) is 19.3. The van der Waals surface area contributed by atoms with Crippen LogP contribution in [0.2, 0.25) is 0 Å². The Morgan fingerprint density at radius 3 is 2.74 bits per heavy atom. The number of hydrogen-bond acceptors (Lipinski definition) is 3. The average Bonchev–Trinajstić information content (AvgIpc) is 3.11. The van der Waals surface area contributed by atoms with Crippen molar-refractivity contribution in [3.8, 4) is 11.3 Å². The number of hydrogen-bond donors (Lipinski definition) is 2. The van der Waals surface area contributed by atoms with E-state index >= 15 is 0 Å². The van der Waals surface area contributed by atoms with E-state index in [-0.39, 0.29) is 11.9 Å². The quantitative estimate of drug-likeness (QED) is 0.744. The molecule has 2 N–H and O–H groups in total. The number of carbonyl (C=O) groups is 1. The Kier molecular flexibility index (Phi) is 4.86. The number of nitrogens with one attached hydrogen (secondary N) is 2. The number of amides is 1. The molecular formula is C22H22FN3O. The zero-order valence-corrected chi connectivity index (χ0v) is 15.2. The minimum atomic E-state index is -0.832. The second kappa shape index (κ2) is 7.45. The van der Waals surface area contributed by atoms with Gasteiger partial charge in [0.05, 0.1) is 16.8 Å². The van der Waals surface area contributed by atoms with E-state index in [1.165, 1.54) is 5.56 Å². The first-order valence-corrected chi connectivity index (χ1v) is 9.22. The molecule has 0 aliphatic carbocycles. The summed E-state index contributed by atoms with van der Waals surface area (Å²) in [6, 6.07) is 17.5. The number of fused-ring (bicyclic) bond motifs is 1. The fourth-order valence-corrected chi connectivity index (χ4v) is 3.47. The van der Waals surface area contributed by atoms with Crippen LogP contribution in [0.3, 0.4) is 0 Å². The first-order valence-electron chi connectivity index (χ1n) is 9.22. The number of halogens is 1. The lowest BCUT2D eigenvalue weighted by Crippen LogP contribution is -2.37. The van der Waals surface area contributed by atoms with Crippen molar-refractivity contribution in [3.63, 3.8) is 0 Å². The first kappa shape index (κ1) is 17.6. The van der Waals surface area contributed by atoms with Crippen molar-refractivity contribution in [1.29, 1.82) is 0 Å². The second-order valence-electron chi connectivity index (χ2n) is 7.09. The molecule has 138 valence electrons. The number of aryl methyl sites for hydroxylation is 1. The van der Waals surface area contributed by atoms with E-state index in [9.17, 15) is 9.18 Å². The van der Waals surface area contributed by atoms with Crippen molar-refractivity contribution < 1.29 is 9.18 Å². The standard InChI is InChI=1S/C22H22FN3O/c1-14-6-8-15(9-7-14)21-11-19(18-4-2-3-5-20(18)26-21)22(27)25-13-17-10-16(23)12-24-17/h2-9,11,16-17,24H,10,12-13H2,1H3,(H,25,27)/t16-,17-/m0/s1. The van der Waals surface area contributed by atoms with Crippen LogP contribution in [0.1, 0.15) is 22.3 Å². The van der Waals surface area contributed by atoms with Crippen LogP contribution < -0.4 is 10.6 Å². The van der Waals surface area contributed by atoms with E-state index in [1.54, 1.807) is 0 Å². The van der Waals surface area contributed by atoms with Crippen molar-refractivity contribution >= 4 is 16.8 Å². The molecule has 2 aromatic carbocycles. The summed E-state index contributed by atoms with van der Waals surface area (Å²) in [7, 11) is 0. The Morgan fingerprint density at radius 1 is 1.22 bits per heavy atom. The summed E-state index contributed by atoms with van der Waals surface area (Å²) in [6.07, 6.45) is -0.395. The molecule has 1 aromatic heterocycles. The maximum Gasteiger partial charge on any atom is 0.252 e. The molecule has 2 heterocycles. The van der Waals surface area contributed by atoms with Crippen molar-refractivity contribution in [2.45, 2.75) is 25.6 Å². The van der Waals surface area contributed by atoms with E-state index in [0.717, 1.165) is 22.2 Å². The third kappa shape index (κ3) is 3.83. The van der Waals surface area contributed by atoms with Crippen LogP contribution >= 0.6 is 0 Å². The molecule has 27 heavy (non-hydrogen) atoms. The summed E-state index contributed by atoms with van der Waals surface area (Å²) in [5.74, 6) is -0.161. The highest BCUT2D eigenvalue weighted by Gasteiger charge is 2.24. The maximum absolute atomic E-state index is 13.3. The molecule has 1 aliphatic rings. The minimum absolute atomic E-state index is 0.0198. The van der Waals surface area contributed by atoms with Gasteiger partial charge >= 0.3 is 0 Å². The lowest BCUT2D eigenvalue weighted by molar-refractivity contribution is 0.0951. The Balaban J connectivity index is 1.65. The van der Waals surface area contributed by atoms with Crippen LogP contribution in [0.15, 0.2) is 54.6 Å². The predicted molar refractivity (Wildman–Crippen MR) is 106 cm³/mol. The summed E-state index contributed by atoms with van der Waals surface area (Å²) in [5, 5.41) is 6.85. The number of para-hydroxylation sites is 1. The highest BCUT2D eigenvalue weighted by Crippen LogP contribution is 2.25. The van der Waals surface area contributed by atoms with Crippen LogP contribution in [0, 0.1) is 6.92 Å². The predicted octanol–water partition coefficient (Wildman–Crippen LogP) is 3.64. The number of alkyl halides is 1. The van der Waals surface area contributed by atoms with Crippen LogP contribution in [-0.2, 0) is 0 Å². The molecule has 4 nitrogen and oxygen atoms in total. The summed E-state index contributed by atoms with van der Waals surface area (Å²) in [6.45, 7) is 2.81. The van der Waals surface area contributed by atoms with Crippen LogP contribution in [0.5, 0.6) is 0 Å².